The number of ether oxygens (including phenoxy) is 1. The van der Waals surface area contributed by atoms with Gasteiger partial charge in [-0.3, -0.25) is 4.79 Å². The van der Waals surface area contributed by atoms with Crippen LogP contribution >= 0.6 is 0 Å². The average molecular weight is 512 g/mol. The van der Waals surface area contributed by atoms with Crippen LogP contribution in [-0.4, -0.2) is 47.5 Å². The molecule has 0 saturated carbocycles. The number of aromatic nitrogens is 2. The number of carbonyl (C=O) groups excluding carboxylic acids is 1. The summed E-state index contributed by atoms with van der Waals surface area (Å²) in [5.74, 6) is 0.0964. The molecule has 8 nitrogen and oxygen atoms in total. The molecule has 192 valence electrons. The number of alkyl halides is 3. The number of rotatable bonds is 5. The van der Waals surface area contributed by atoms with Crippen molar-refractivity contribution in [1.29, 1.82) is 0 Å². The second kappa shape index (κ2) is 9.83. The number of pyridine rings is 1. The molecule has 1 aliphatic rings. The smallest absolute Gasteiger partial charge is 0.433 e. The summed E-state index contributed by atoms with van der Waals surface area (Å²) in [6.07, 6.45) is -4.62. The van der Waals surface area contributed by atoms with Crippen LogP contribution in [0.2, 0.25) is 0 Å². The summed E-state index contributed by atoms with van der Waals surface area (Å²) in [5, 5.41) is 3.75. The summed E-state index contributed by atoms with van der Waals surface area (Å²) in [4.78, 5) is 23.4. The first-order chi connectivity index (χ1) is 17.8. The highest BCUT2D eigenvalue weighted by atomic mass is 19.4. The second-order valence-electron chi connectivity index (χ2n) is 8.57. The number of benzene rings is 2. The van der Waals surface area contributed by atoms with Gasteiger partial charge in [0, 0.05) is 36.6 Å². The zero-order valence-corrected chi connectivity index (χ0v) is 19.9. The molecule has 0 bridgehead atoms. The molecule has 0 aliphatic carbocycles. The second-order valence-corrected chi connectivity index (χ2v) is 8.57. The minimum Gasteiger partial charge on any atom is -0.494 e. The standard InChI is InChI=1S/C26H24F3N5O3/c1-36-19-9-7-17(16-8-10-21(26(27,28)29)32-22(16)19)24-33-23(20(13-30)37-24)25(35)34-12-11-31-18(14-34)15-5-3-2-4-6-15/h2-10,18,31H,11-14,30H2,1H3/t18-/m0/s1. The number of nitrogens with two attached hydrogens (primary N) is 1. The summed E-state index contributed by atoms with van der Waals surface area (Å²) in [7, 11) is 1.35. The first-order valence-electron chi connectivity index (χ1n) is 11.6. The van der Waals surface area contributed by atoms with Crippen LogP contribution in [0, 0.1) is 0 Å². The van der Waals surface area contributed by atoms with Crippen molar-refractivity contribution < 1.29 is 27.1 Å². The van der Waals surface area contributed by atoms with Gasteiger partial charge in [0.25, 0.3) is 5.91 Å². The lowest BCUT2D eigenvalue weighted by atomic mass is 10.0. The Bertz CT molecular complexity index is 1440. The summed E-state index contributed by atoms with van der Waals surface area (Å²) in [5.41, 5.74) is 6.35. The van der Waals surface area contributed by atoms with Crippen molar-refractivity contribution >= 4 is 16.8 Å². The maximum Gasteiger partial charge on any atom is 0.433 e. The van der Waals surface area contributed by atoms with Gasteiger partial charge in [0.2, 0.25) is 5.89 Å². The molecule has 11 heteroatoms. The highest BCUT2D eigenvalue weighted by molar-refractivity contribution is 5.98. The van der Waals surface area contributed by atoms with Crippen molar-refractivity contribution in [2.24, 2.45) is 5.73 Å². The highest BCUT2D eigenvalue weighted by Gasteiger charge is 2.34. The molecule has 1 fully saturated rings. The van der Waals surface area contributed by atoms with Crippen LogP contribution in [0.1, 0.15) is 33.5 Å². The van der Waals surface area contributed by atoms with Crippen LogP contribution in [0.25, 0.3) is 22.4 Å². The molecule has 1 saturated heterocycles. The molecule has 1 atom stereocenters. The maximum absolute atomic E-state index is 13.5. The van der Waals surface area contributed by atoms with Gasteiger partial charge in [-0.25, -0.2) is 9.97 Å². The monoisotopic (exact) mass is 511 g/mol. The Balaban J connectivity index is 1.51. The van der Waals surface area contributed by atoms with Gasteiger partial charge in [0.1, 0.15) is 17.0 Å². The van der Waals surface area contributed by atoms with E-state index < -0.39 is 11.9 Å². The zero-order valence-electron chi connectivity index (χ0n) is 19.9. The van der Waals surface area contributed by atoms with Crippen molar-refractivity contribution in [2.45, 2.75) is 18.8 Å². The molecule has 2 aromatic carbocycles. The van der Waals surface area contributed by atoms with Crippen molar-refractivity contribution in [2.75, 3.05) is 26.7 Å². The van der Waals surface area contributed by atoms with E-state index in [2.05, 4.69) is 15.3 Å². The molecule has 3 heterocycles. The van der Waals surface area contributed by atoms with E-state index in [1.807, 2.05) is 30.3 Å². The summed E-state index contributed by atoms with van der Waals surface area (Å²) in [6, 6.07) is 15.0. The van der Waals surface area contributed by atoms with E-state index in [1.165, 1.54) is 19.2 Å². The Labute approximate surface area is 210 Å². The van der Waals surface area contributed by atoms with Crippen molar-refractivity contribution in [3.63, 3.8) is 0 Å². The first-order valence-corrected chi connectivity index (χ1v) is 11.6. The van der Waals surface area contributed by atoms with E-state index in [-0.39, 0.29) is 47.1 Å². The fourth-order valence-corrected chi connectivity index (χ4v) is 4.47. The van der Waals surface area contributed by atoms with E-state index in [0.29, 0.717) is 30.6 Å². The average Bonchev–Trinajstić information content (AvgIpc) is 3.36. The van der Waals surface area contributed by atoms with Crippen molar-refractivity contribution in [3.8, 4) is 17.2 Å². The normalized spacial score (nSPS) is 16.2. The lowest BCUT2D eigenvalue weighted by Gasteiger charge is -2.33. The van der Waals surface area contributed by atoms with Gasteiger partial charge in [-0.1, -0.05) is 30.3 Å². The Hall–Kier alpha value is -3.96. The van der Waals surface area contributed by atoms with Gasteiger partial charge >= 0.3 is 6.18 Å². The first kappa shape index (κ1) is 24.7. The van der Waals surface area contributed by atoms with Gasteiger partial charge in [0.05, 0.1) is 13.7 Å². The molecule has 0 unspecified atom stereocenters. The van der Waals surface area contributed by atoms with Crippen molar-refractivity contribution in [1.82, 2.24) is 20.2 Å². The number of hydrogen-bond acceptors (Lipinski definition) is 7. The number of carbonyl (C=O) groups is 1. The van der Waals surface area contributed by atoms with E-state index >= 15 is 0 Å². The predicted molar refractivity (Wildman–Crippen MR) is 130 cm³/mol. The minimum absolute atomic E-state index is 0.00279. The Morgan fingerprint density at radius 3 is 2.65 bits per heavy atom. The molecular weight excluding hydrogens is 487 g/mol. The van der Waals surface area contributed by atoms with Gasteiger partial charge < -0.3 is 25.1 Å². The third kappa shape index (κ3) is 4.75. The summed E-state index contributed by atoms with van der Waals surface area (Å²) >= 11 is 0. The fourth-order valence-electron chi connectivity index (χ4n) is 4.47. The number of oxazole rings is 1. The molecule has 1 amide bonds. The van der Waals surface area contributed by atoms with Crippen LogP contribution in [-0.2, 0) is 12.7 Å². The Kier molecular flexibility index (Phi) is 6.57. The van der Waals surface area contributed by atoms with Gasteiger partial charge in [0.15, 0.2) is 11.5 Å². The van der Waals surface area contributed by atoms with E-state index in [0.717, 1.165) is 11.6 Å². The Morgan fingerprint density at radius 1 is 1.16 bits per heavy atom. The van der Waals surface area contributed by atoms with Crippen molar-refractivity contribution in [3.05, 3.63) is 77.3 Å². The number of halogens is 3. The fraction of sp³-hybridized carbons (Fsp3) is 0.269. The van der Waals surface area contributed by atoms with E-state index in [1.54, 1.807) is 11.0 Å². The number of piperazine rings is 1. The van der Waals surface area contributed by atoms with E-state index in [9.17, 15) is 18.0 Å². The number of hydrogen-bond donors (Lipinski definition) is 2. The summed E-state index contributed by atoms with van der Waals surface area (Å²) in [6.45, 7) is 1.44. The number of methoxy groups -OCH3 is 1. The van der Waals surface area contributed by atoms with E-state index in [4.69, 9.17) is 14.9 Å². The molecular formula is C26H24F3N5O3. The molecule has 0 spiro atoms. The third-order valence-electron chi connectivity index (χ3n) is 6.31. The quantitative estimate of drug-likeness (QED) is 0.414. The number of fused-ring (bicyclic) bond motifs is 1. The number of nitrogens with one attached hydrogen (secondary N) is 1. The summed E-state index contributed by atoms with van der Waals surface area (Å²) < 4.78 is 50.9. The molecule has 5 rings (SSSR count). The van der Waals surface area contributed by atoms with Gasteiger partial charge in [-0.05, 0) is 29.8 Å². The molecule has 4 aromatic rings. The van der Waals surface area contributed by atoms with Crippen LogP contribution < -0.4 is 15.8 Å². The topological polar surface area (TPSA) is 107 Å². The Morgan fingerprint density at radius 2 is 1.95 bits per heavy atom. The minimum atomic E-state index is -4.62. The van der Waals surface area contributed by atoms with Crippen LogP contribution in [0.15, 0.2) is 59.0 Å². The predicted octanol–water partition coefficient (Wildman–Crippen LogP) is 4.16. The van der Waals surface area contributed by atoms with Gasteiger partial charge in [-0.15, -0.1) is 0 Å². The maximum atomic E-state index is 13.5. The molecule has 37 heavy (non-hydrogen) atoms. The largest absolute Gasteiger partial charge is 0.494 e. The lowest BCUT2D eigenvalue weighted by molar-refractivity contribution is -0.140. The lowest BCUT2D eigenvalue weighted by Crippen LogP contribution is -2.48. The molecule has 1 aliphatic heterocycles. The van der Waals surface area contributed by atoms with Crippen LogP contribution in [0.5, 0.6) is 5.75 Å². The zero-order chi connectivity index (χ0) is 26.2. The SMILES string of the molecule is COc1ccc(-c2nc(C(=O)N3CCN[C@H](c4ccccc4)C3)c(CN)o2)c2ccc(C(F)(F)F)nc12. The molecule has 0 radical (unpaired) electrons. The van der Waals surface area contributed by atoms with Gasteiger partial charge in [-0.2, -0.15) is 13.2 Å². The number of amides is 1. The van der Waals surface area contributed by atoms with Crippen LogP contribution in [0.3, 0.4) is 0 Å². The number of nitrogens with zero attached hydrogens (tertiary/aromatic N) is 3. The molecule has 3 N–H and O–H groups in total. The highest BCUT2D eigenvalue weighted by Crippen LogP contribution is 2.37. The third-order valence-corrected chi connectivity index (χ3v) is 6.31. The van der Waals surface area contributed by atoms with Crippen LogP contribution in [0.4, 0.5) is 13.2 Å². The molecule has 2 aromatic heterocycles.